The number of ether oxygens (including phenoxy) is 3. The summed E-state index contributed by atoms with van der Waals surface area (Å²) < 4.78 is 17.0. The number of aliphatic carboxylic acids is 1. The Morgan fingerprint density at radius 3 is 2.73 bits per heavy atom. The molecule has 2 N–H and O–H groups in total. The molecule has 0 aromatic heterocycles. The van der Waals surface area contributed by atoms with E-state index in [9.17, 15) is 19.5 Å². The summed E-state index contributed by atoms with van der Waals surface area (Å²) in [5.41, 5.74) is -0.496. The van der Waals surface area contributed by atoms with Crippen LogP contribution in [0.1, 0.15) is 37.7 Å². The van der Waals surface area contributed by atoms with Crippen LogP contribution in [-0.4, -0.2) is 58.4 Å². The molecule has 9 heteroatoms. The van der Waals surface area contributed by atoms with Gasteiger partial charge in [-0.3, -0.25) is 14.4 Å². The van der Waals surface area contributed by atoms with Gasteiger partial charge < -0.3 is 29.5 Å². The van der Waals surface area contributed by atoms with Crippen LogP contribution in [0, 0.1) is 11.8 Å². The number of carbonyl (C=O) groups excluding carboxylic acids is 2. The summed E-state index contributed by atoms with van der Waals surface area (Å²) in [7, 11) is 0. The number of hydrogen-bond acceptors (Lipinski definition) is 6. The molecule has 1 saturated carbocycles. The molecule has 1 spiro atoms. The van der Waals surface area contributed by atoms with Crippen LogP contribution in [0.3, 0.4) is 0 Å². The molecular weight excluding hydrogens is 428 g/mol. The molecule has 5 unspecified atom stereocenters. The van der Waals surface area contributed by atoms with Crippen molar-refractivity contribution < 1.29 is 33.7 Å². The smallest absolute Gasteiger partial charge is 0.310 e. The maximum Gasteiger partial charge on any atom is 0.310 e. The third-order valence-corrected chi connectivity index (χ3v) is 7.65. The van der Waals surface area contributed by atoms with E-state index >= 15 is 0 Å². The number of amides is 2. The van der Waals surface area contributed by atoms with Crippen molar-refractivity contribution >= 4 is 17.8 Å². The van der Waals surface area contributed by atoms with Gasteiger partial charge >= 0.3 is 5.97 Å². The van der Waals surface area contributed by atoms with Crippen LogP contribution in [0.4, 0.5) is 0 Å². The number of carboxylic acid groups (broad SMARTS) is 1. The fraction of sp³-hybridized carbons (Fsp3) is 0.542. The standard InChI is InChI=1S/C24H26N2O7/c27-21(25-14-4-2-1-3-5-14)20-24-9-8-16(33-24)18(23(29)30)19(24)22(28)26(20)11-13-6-7-15-17(10-13)32-12-31-15/h6-10,14,16,18-20H,1-5,11-12H2,(H,25,27)(H,29,30). The highest BCUT2D eigenvalue weighted by atomic mass is 16.7. The van der Waals surface area contributed by atoms with Gasteiger partial charge in [0.1, 0.15) is 17.6 Å². The van der Waals surface area contributed by atoms with Crippen molar-refractivity contribution in [1.29, 1.82) is 0 Å². The first-order valence-corrected chi connectivity index (χ1v) is 11.6. The van der Waals surface area contributed by atoms with Gasteiger partial charge in [-0.2, -0.15) is 0 Å². The van der Waals surface area contributed by atoms with E-state index in [2.05, 4.69) is 5.32 Å². The van der Waals surface area contributed by atoms with E-state index in [0.717, 1.165) is 37.7 Å². The van der Waals surface area contributed by atoms with Gasteiger partial charge in [-0.1, -0.05) is 37.5 Å². The van der Waals surface area contributed by atoms with Gasteiger partial charge in [0.15, 0.2) is 11.5 Å². The summed E-state index contributed by atoms with van der Waals surface area (Å²) in [6.45, 7) is 0.282. The quantitative estimate of drug-likeness (QED) is 0.650. The highest BCUT2D eigenvalue weighted by Crippen LogP contribution is 2.55. The Labute approximate surface area is 190 Å². The number of hydrogen-bond donors (Lipinski definition) is 2. The molecule has 5 atom stereocenters. The second-order valence-corrected chi connectivity index (χ2v) is 9.54. The zero-order valence-electron chi connectivity index (χ0n) is 18.1. The molecule has 4 heterocycles. The summed E-state index contributed by atoms with van der Waals surface area (Å²) in [4.78, 5) is 40.8. The lowest BCUT2D eigenvalue weighted by molar-refractivity contribution is -0.149. The largest absolute Gasteiger partial charge is 0.481 e. The topological polar surface area (TPSA) is 114 Å². The van der Waals surface area contributed by atoms with Gasteiger partial charge in [0.2, 0.25) is 18.6 Å². The number of fused-ring (bicyclic) bond motifs is 2. The van der Waals surface area contributed by atoms with E-state index in [1.807, 2.05) is 6.07 Å². The summed E-state index contributed by atoms with van der Waals surface area (Å²) in [5, 5.41) is 13.0. The molecule has 1 aromatic carbocycles. The minimum atomic E-state index is -1.26. The van der Waals surface area contributed by atoms with Crippen molar-refractivity contribution in [3.05, 3.63) is 35.9 Å². The van der Waals surface area contributed by atoms with Crippen LogP contribution in [0.5, 0.6) is 11.5 Å². The first kappa shape index (κ1) is 20.5. The third kappa shape index (κ3) is 3.05. The van der Waals surface area contributed by atoms with Crippen molar-refractivity contribution in [1.82, 2.24) is 10.2 Å². The Kier molecular flexibility index (Phi) is 4.65. The van der Waals surface area contributed by atoms with Gasteiger partial charge in [0.25, 0.3) is 0 Å². The summed E-state index contributed by atoms with van der Waals surface area (Å²) in [6.07, 6.45) is 7.81. The Morgan fingerprint density at radius 2 is 1.94 bits per heavy atom. The Balaban J connectivity index is 1.35. The molecule has 174 valence electrons. The molecule has 2 saturated heterocycles. The lowest BCUT2D eigenvalue weighted by Crippen LogP contribution is -2.56. The zero-order chi connectivity index (χ0) is 22.7. The molecule has 0 radical (unpaired) electrons. The van der Waals surface area contributed by atoms with Crippen molar-refractivity contribution in [2.45, 2.75) is 62.4 Å². The molecule has 6 rings (SSSR count). The highest BCUT2D eigenvalue weighted by Gasteiger charge is 2.73. The number of carboxylic acids is 1. The minimum Gasteiger partial charge on any atom is -0.481 e. The van der Waals surface area contributed by atoms with Gasteiger partial charge in [0, 0.05) is 12.6 Å². The average Bonchev–Trinajstić information content (AvgIpc) is 3.55. The van der Waals surface area contributed by atoms with E-state index in [4.69, 9.17) is 14.2 Å². The fourth-order valence-electron chi connectivity index (χ4n) is 6.18. The Morgan fingerprint density at radius 1 is 1.15 bits per heavy atom. The molecule has 33 heavy (non-hydrogen) atoms. The average molecular weight is 454 g/mol. The fourth-order valence-corrected chi connectivity index (χ4v) is 6.18. The summed E-state index contributed by atoms with van der Waals surface area (Å²) in [5.74, 6) is -2.45. The monoisotopic (exact) mass is 454 g/mol. The maximum atomic E-state index is 13.6. The predicted molar refractivity (Wildman–Crippen MR) is 113 cm³/mol. The van der Waals surface area contributed by atoms with Crippen LogP contribution in [0.25, 0.3) is 0 Å². The number of nitrogens with one attached hydrogen (secondary N) is 1. The SMILES string of the molecule is O=C(O)C1C2C=CC3(O2)C1C(=O)N(Cc1ccc2c(c1)OCO2)C3C(=O)NC1CCCCC1. The minimum absolute atomic E-state index is 0.0575. The predicted octanol–water partition coefficient (Wildman–Crippen LogP) is 1.60. The first-order chi connectivity index (χ1) is 16.0. The van der Waals surface area contributed by atoms with Crippen LogP contribution in [-0.2, 0) is 25.7 Å². The second-order valence-electron chi connectivity index (χ2n) is 9.54. The van der Waals surface area contributed by atoms with Crippen molar-refractivity contribution in [3.8, 4) is 11.5 Å². The molecule has 3 fully saturated rings. The molecule has 4 aliphatic heterocycles. The summed E-state index contributed by atoms with van der Waals surface area (Å²) in [6, 6.07) is 4.51. The molecule has 9 nitrogen and oxygen atoms in total. The number of rotatable bonds is 5. The van der Waals surface area contributed by atoms with Crippen molar-refractivity contribution in [2.24, 2.45) is 11.8 Å². The molecule has 2 bridgehead atoms. The van der Waals surface area contributed by atoms with Crippen LogP contribution < -0.4 is 14.8 Å². The van der Waals surface area contributed by atoms with Crippen LogP contribution >= 0.6 is 0 Å². The van der Waals surface area contributed by atoms with Crippen LogP contribution in [0.15, 0.2) is 30.4 Å². The zero-order valence-corrected chi connectivity index (χ0v) is 18.1. The van der Waals surface area contributed by atoms with E-state index in [0.29, 0.717) is 11.5 Å². The molecule has 5 aliphatic rings. The maximum absolute atomic E-state index is 13.6. The lowest BCUT2D eigenvalue weighted by atomic mass is 9.74. The van der Waals surface area contributed by atoms with Gasteiger partial charge in [-0.05, 0) is 30.5 Å². The number of benzene rings is 1. The highest BCUT2D eigenvalue weighted by molar-refractivity contribution is 5.99. The van der Waals surface area contributed by atoms with Gasteiger partial charge in [-0.15, -0.1) is 0 Å². The first-order valence-electron chi connectivity index (χ1n) is 11.6. The number of nitrogens with zero attached hydrogens (tertiary/aromatic N) is 1. The third-order valence-electron chi connectivity index (χ3n) is 7.65. The van der Waals surface area contributed by atoms with Gasteiger partial charge in [-0.25, -0.2) is 0 Å². The van der Waals surface area contributed by atoms with E-state index < -0.39 is 35.6 Å². The lowest BCUT2D eigenvalue weighted by Gasteiger charge is -2.34. The van der Waals surface area contributed by atoms with E-state index in [-0.39, 0.29) is 31.2 Å². The normalized spacial score (nSPS) is 34.1. The number of likely N-dealkylation sites (tertiary alicyclic amines) is 1. The summed E-state index contributed by atoms with van der Waals surface area (Å²) >= 11 is 0. The number of carbonyl (C=O) groups is 3. The van der Waals surface area contributed by atoms with Crippen molar-refractivity contribution in [3.63, 3.8) is 0 Å². The molecular formula is C24H26N2O7. The van der Waals surface area contributed by atoms with Gasteiger partial charge in [0.05, 0.1) is 12.0 Å². The molecule has 1 aromatic rings. The van der Waals surface area contributed by atoms with Crippen LogP contribution in [0.2, 0.25) is 0 Å². The molecule has 2 amide bonds. The van der Waals surface area contributed by atoms with Crippen molar-refractivity contribution in [2.75, 3.05) is 6.79 Å². The van der Waals surface area contributed by atoms with E-state index in [1.165, 1.54) is 4.90 Å². The molecule has 1 aliphatic carbocycles. The Hall–Kier alpha value is -3.07. The second kappa shape index (κ2) is 7.48. The Bertz CT molecular complexity index is 1050. The van der Waals surface area contributed by atoms with E-state index in [1.54, 1.807) is 24.3 Å².